The van der Waals surface area contributed by atoms with E-state index < -0.39 is 0 Å². The number of nitrogens with zero attached hydrogens (tertiary/aromatic N) is 4. The highest BCUT2D eigenvalue weighted by Crippen LogP contribution is 2.06. The summed E-state index contributed by atoms with van der Waals surface area (Å²) in [6.07, 6.45) is 22.5. The van der Waals surface area contributed by atoms with Crippen LogP contribution in [0.15, 0.2) is 98.1 Å². The van der Waals surface area contributed by atoms with Crippen LogP contribution in [-0.2, 0) is 0 Å². The number of hydrogen-bond donors (Lipinski definition) is 0. The van der Waals surface area contributed by atoms with Crippen LogP contribution >= 0.6 is 0 Å². The van der Waals surface area contributed by atoms with E-state index in [-0.39, 0.29) is 0 Å². The van der Waals surface area contributed by atoms with Crippen LogP contribution < -0.4 is 0 Å². The van der Waals surface area contributed by atoms with Crippen molar-refractivity contribution in [2.24, 2.45) is 0 Å². The first-order valence-corrected chi connectivity index (χ1v) is 8.86. The molecule has 0 atom stereocenters. The average Bonchev–Trinajstić information content (AvgIpc) is 2.80. The molecule has 0 saturated heterocycles. The number of pyridine rings is 4. The van der Waals surface area contributed by atoms with E-state index in [0.717, 1.165) is 22.3 Å². The molecule has 136 valence electrons. The molecule has 28 heavy (non-hydrogen) atoms. The van der Waals surface area contributed by atoms with Crippen LogP contribution in [0.25, 0.3) is 24.3 Å². The Morgan fingerprint density at radius 2 is 0.500 bits per heavy atom. The molecule has 0 saturated carbocycles. The van der Waals surface area contributed by atoms with E-state index in [4.69, 9.17) is 0 Å². The minimum atomic E-state index is 1.15. The highest BCUT2D eigenvalue weighted by atomic mass is 14.6. The summed E-state index contributed by atoms with van der Waals surface area (Å²) in [4.78, 5) is 15.8. The van der Waals surface area contributed by atoms with Gasteiger partial charge in [-0.15, -0.1) is 0 Å². The molecule has 0 aliphatic carbocycles. The molecule has 0 aromatic carbocycles. The van der Waals surface area contributed by atoms with Gasteiger partial charge in [-0.2, -0.15) is 0 Å². The highest BCUT2D eigenvalue weighted by Gasteiger charge is 1.86. The fourth-order valence-corrected chi connectivity index (χ4v) is 2.28. The molecule has 4 heteroatoms. The van der Waals surface area contributed by atoms with Gasteiger partial charge in [0.05, 0.1) is 0 Å². The Hall–Kier alpha value is -3.92. The van der Waals surface area contributed by atoms with Crippen LogP contribution in [0.1, 0.15) is 22.3 Å². The van der Waals surface area contributed by atoms with Gasteiger partial charge in [0.1, 0.15) is 0 Å². The minimum absolute atomic E-state index is 1.15. The molecule has 4 nitrogen and oxygen atoms in total. The maximum absolute atomic E-state index is 3.96. The van der Waals surface area contributed by atoms with Gasteiger partial charge >= 0.3 is 0 Å². The van der Waals surface area contributed by atoms with E-state index in [9.17, 15) is 0 Å². The lowest BCUT2D eigenvalue weighted by atomic mass is 10.2. The molecule has 0 aliphatic rings. The molecule has 0 amide bonds. The van der Waals surface area contributed by atoms with Crippen LogP contribution in [0.2, 0.25) is 0 Å². The van der Waals surface area contributed by atoms with Crippen LogP contribution in [0.4, 0.5) is 0 Å². The standard InChI is InChI=1S/2C12H10N2/c2*1(11-3-7-13-8-4-11)2-12-5-9-14-10-6-12/h2*1-10H. The lowest BCUT2D eigenvalue weighted by molar-refractivity contribution is 1.32. The average molecular weight is 364 g/mol. The SMILES string of the molecule is C(=Cc1ccncc1)c1ccncc1.C(=Cc1ccncc1)c1ccncc1. The lowest BCUT2D eigenvalue weighted by Crippen LogP contribution is -1.74. The van der Waals surface area contributed by atoms with E-state index in [1.807, 2.05) is 48.5 Å². The van der Waals surface area contributed by atoms with E-state index in [1.165, 1.54) is 0 Å². The molecule has 4 rings (SSSR count). The zero-order valence-corrected chi connectivity index (χ0v) is 15.3. The van der Waals surface area contributed by atoms with Crippen molar-refractivity contribution in [2.75, 3.05) is 0 Å². The summed E-state index contributed by atoms with van der Waals surface area (Å²) in [6, 6.07) is 15.8. The lowest BCUT2D eigenvalue weighted by Gasteiger charge is -1.92. The fourth-order valence-electron chi connectivity index (χ4n) is 2.28. The summed E-state index contributed by atoms with van der Waals surface area (Å²) in [5.74, 6) is 0. The van der Waals surface area contributed by atoms with Crippen molar-refractivity contribution in [3.63, 3.8) is 0 Å². The van der Waals surface area contributed by atoms with Crippen molar-refractivity contribution in [1.29, 1.82) is 0 Å². The van der Waals surface area contributed by atoms with E-state index in [2.05, 4.69) is 44.2 Å². The molecule has 0 N–H and O–H groups in total. The van der Waals surface area contributed by atoms with Crippen molar-refractivity contribution >= 4 is 24.3 Å². The molecule has 4 aromatic rings. The molecule has 4 aromatic heterocycles. The summed E-state index contributed by atoms with van der Waals surface area (Å²) < 4.78 is 0. The number of rotatable bonds is 4. The predicted octanol–water partition coefficient (Wildman–Crippen LogP) is 5.29. The maximum Gasteiger partial charge on any atom is 0.0273 e. The second-order valence-corrected chi connectivity index (χ2v) is 5.79. The number of hydrogen-bond acceptors (Lipinski definition) is 4. The topological polar surface area (TPSA) is 51.6 Å². The first kappa shape index (κ1) is 18.9. The van der Waals surface area contributed by atoms with Gasteiger partial charge < -0.3 is 0 Å². The summed E-state index contributed by atoms with van der Waals surface area (Å²) in [5.41, 5.74) is 4.60. The molecule has 0 spiro atoms. The van der Waals surface area contributed by atoms with Gasteiger partial charge in [-0.05, 0) is 70.8 Å². The van der Waals surface area contributed by atoms with Crippen LogP contribution in [0.5, 0.6) is 0 Å². The molecule has 4 heterocycles. The molecule has 0 bridgehead atoms. The third-order valence-corrected chi connectivity index (χ3v) is 3.76. The Labute approximate surface area is 165 Å². The second kappa shape index (κ2) is 10.9. The predicted molar refractivity (Wildman–Crippen MR) is 115 cm³/mol. The summed E-state index contributed by atoms with van der Waals surface area (Å²) in [5, 5.41) is 0. The Morgan fingerprint density at radius 1 is 0.321 bits per heavy atom. The van der Waals surface area contributed by atoms with Gasteiger partial charge in [-0.3, -0.25) is 19.9 Å². The Kier molecular flexibility index (Phi) is 7.36. The van der Waals surface area contributed by atoms with Gasteiger partial charge in [0, 0.05) is 49.6 Å². The molecule has 0 fully saturated rings. The molecule has 0 radical (unpaired) electrons. The third kappa shape index (κ3) is 6.77. The number of aromatic nitrogens is 4. The van der Waals surface area contributed by atoms with Crippen LogP contribution in [0.3, 0.4) is 0 Å². The van der Waals surface area contributed by atoms with Gasteiger partial charge in [0.2, 0.25) is 0 Å². The van der Waals surface area contributed by atoms with Crippen molar-refractivity contribution < 1.29 is 0 Å². The zero-order chi connectivity index (χ0) is 19.3. The van der Waals surface area contributed by atoms with Crippen molar-refractivity contribution in [3.8, 4) is 0 Å². The first-order chi connectivity index (χ1) is 13.9. The van der Waals surface area contributed by atoms with Gasteiger partial charge in [0.15, 0.2) is 0 Å². The monoisotopic (exact) mass is 364 g/mol. The van der Waals surface area contributed by atoms with E-state index in [0.29, 0.717) is 0 Å². The fraction of sp³-hybridized carbons (Fsp3) is 0. The largest absolute Gasteiger partial charge is 0.265 e. The summed E-state index contributed by atoms with van der Waals surface area (Å²) >= 11 is 0. The normalized spacial score (nSPS) is 10.6. The first-order valence-electron chi connectivity index (χ1n) is 8.86. The molecular weight excluding hydrogens is 344 g/mol. The van der Waals surface area contributed by atoms with Crippen LogP contribution in [0, 0.1) is 0 Å². The van der Waals surface area contributed by atoms with Crippen molar-refractivity contribution in [3.05, 3.63) is 120 Å². The highest BCUT2D eigenvalue weighted by molar-refractivity contribution is 5.69. The second-order valence-electron chi connectivity index (χ2n) is 5.79. The molecular formula is C24H20N4. The smallest absolute Gasteiger partial charge is 0.0273 e. The summed E-state index contributed by atoms with van der Waals surface area (Å²) in [6.45, 7) is 0. The van der Waals surface area contributed by atoms with Crippen molar-refractivity contribution in [1.82, 2.24) is 19.9 Å². The summed E-state index contributed by atoms with van der Waals surface area (Å²) in [7, 11) is 0. The van der Waals surface area contributed by atoms with Gasteiger partial charge in [-0.25, -0.2) is 0 Å². The van der Waals surface area contributed by atoms with E-state index in [1.54, 1.807) is 49.6 Å². The quantitative estimate of drug-likeness (QED) is 0.493. The van der Waals surface area contributed by atoms with Gasteiger partial charge in [0.25, 0.3) is 0 Å². The Morgan fingerprint density at radius 3 is 0.679 bits per heavy atom. The van der Waals surface area contributed by atoms with Gasteiger partial charge in [-0.1, -0.05) is 24.3 Å². The van der Waals surface area contributed by atoms with E-state index >= 15 is 0 Å². The molecule has 0 aliphatic heterocycles. The zero-order valence-electron chi connectivity index (χ0n) is 15.3. The Balaban J connectivity index is 0.000000161. The minimum Gasteiger partial charge on any atom is -0.265 e. The third-order valence-electron chi connectivity index (χ3n) is 3.76. The van der Waals surface area contributed by atoms with Crippen LogP contribution in [-0.4, -0.2) is 19.9 Å². The maximum atomic E-state index is 3.96. The molecule has 0 unspecified atom stereocenters. The Bertz CT molecular complexity index is 816. The van der Waals surface area contributed by atoms with Crippen molar-refractivity contribution in [2.45, 2.75) is 0 Å².